The van der Waals surface area contributed by atoms with Crippen molar-refractivity contribution in [2.45, 2.75) is 18.8 Å². The fourth-order valence-corrected chi connectivity index (χ4v) is 4.65. The zero-order valence-corrected chi connectivity index (χ0v) is 15.4. The predicted molar refractivity (Wildman–Crippen MR) is 88.6 cm³/mol. The maximum Gasteiger partial charge on any atom is 0.264 e. The molecule has 0 aromatic carbocycles. The van der Waals surface area contributed by atoms with Gasteiger partial charge in [-0.05, 0) is 50.8 Å². The third kappa shape index (κ3) is 3.07. The normalized spacial score (nSPS) is 19.0. The number of aryl methyl sites for hydroxylation is 1. The second kappa shape index (κ2) is 6.18. The maximum atomic E-state index is 12.6. The molecule has 1 aliphatic heterocycles. The number of piperidine rings is 1. The minimum Gasteiger partial charge on any atom is -0.337 e. The third-order valence-corrected chi connectivity index (χ3v) is 6.92. The number of hydrogen-bond donors (Lipinski definition) is 0. The Morgan fingerprint density at radius 2 is 2.29 bits per heavy atom. The van der Waals surface area contributed by atoms with Crippen molar-refractivity contribution in [3.63, 3.8) is 0 Å². The van der Waals surface area contributed by atoms with Gasteiger partial charge in [0.1, 0.15) is 12.2 Å². The minimum atomic E-state index is 0.0956. The third-order valence-electron chi connectivity index (χ3n) is 3.68. The fraction of sp³-hybridized carbons (Fsp3) is 0.462. The Morgan fingerprint density at radius 3 is 2.90 bits per heavy atom. The highest BCUT2D eigenvalue weighted by molar-refractivity contribution is 9.13. The fourth-order valence-electron chi connectivity index (χ4n) is 2.64. The van der Waals surface area contributed by atoms with E-state index in [0.29, 0.717) is 6.54 Å². The number of rotatable bonds is 2. The smallest absolute Gasteiger partial charge is 0.264 e. The molecular weight excluding hydrogens is 420 g/mol. The summed E-state index contributed by atoms with van der Waals surface area (Å²) in [5.74, 6) is 1.32. The number of halogens is 2. The minimum absolute atomic E-state index is 0.0956. The number of carbonyl (C=O) groups excluding carboxylic acids is 1. The summed E-state index contributed by atoms with van der Waals surface area (Å²) >= 11 is 8.34. The first-order valence-corrected chi connectivity index (χ1v) is 9.04. The van der Waals surface area contributed by atoms with E-state index in [1.54, 1.807) is 6.33 Å². The van der Waals surface area contributed by atoms with Gasteiger partial charge in [0, 0.05) is 30.5 Å². The largest absolute Gasteiger partial charge is 0.337 e. The Hall–Kier alpha value is -0.730. The predicted octanol–water partition coefficient (Wildman–Crippen LogP) is 3.42. The molecule has 1 amide bonds. The van der Waals surface area contributed by atoms with Gasteiger partial charge in [-0.25, -0.2) is 0 Å². The molecule has 2 aromatic heterocycles. The van der Waals surface area contributed by atoms with Gasteiger partial charge in [-0.3, -0.25) is 4.79 Å². The molecule has 0 saturated carbocycles. The van der Waals surface area contributed by atoms with Crippen molar-refractivity contribution in [3.8, 4) is 0 Å². The van der Waals surface area contributed by atoms with Crippen molar-refractivity contribution >= 4 is 49.1 Å². The summed E-state index contributed by atoms with van der Waals surface area (Å²) in [5, 5.41) is 8.13. The summed E-state index contributed by atoms with van der Waals surface area (Å²) in [4.78, 5) is 15.3. The van der Waals surface area contributed by atoms with E-state index < -0.39 is 0 Å². The van der Waals surface area contributed by atoms with Gasteiger partial charge in [-0.2, -0.15) is 0 Å². The first-order valence-electron chi connectivity index (χ1n) is 6.64. The van der Waals surface area contributed by atoms with Crippen LogP contribution in [0, 0.1) is 0 Å². The van der Waals surface area contributed by atoms with Crippen molar-refractivity contribution in [2.24, 2.45) is 7.05 Å². The monoisotopic (exact) mass is 432 g/mol. The van der Waals surface area contributed by atoms with Gasteiger partial charge in [-0.15, -0.1) is 21.5 Å². The van der Waals surface area contributed by atoms with Crippen LogP contribution in [0.4, 0.5) is 0 Å². The van der Waals surface area contributed by atoms with Crippen molar-refractivity contribution < 1.29 is 4.79 Å². The molecule has 0 unspecified atom stereocenters. The highest BCUT2D eigenvalue weighted by Gasteiger charge is 2.28. The number of amides is 1. The van der Waals surface area contributed by atoms with E-state index in [4.69, 9.17) is 0 Å². The Bertz CT molecular complexity index is 649. The average Bonchev–Trinajstić information content (AvgIpc) is 3.05. The molecule has 112 valence electrons. The van der Waals surface area contributed by atoms with E-state index in [0.717, 1.165) is 38.3 Å². The zero-order chi connectivity index (χ0) is 15.0. The molecule has 5 nitrogen and oxygen atoms in total. The van der Waals surface area contributed by atoms with E-state index in [9.17, 15) is 4.79 Å². The van der Waals surface area contributed by atoms with Crippen LogP contribution in [0.3, 0.4) is 0 Å². The van der Waals surface area contributed by atoms with Crippen LogP contribution in [0.25, 0.3) is 0 Å². The molecule has 2 aromatic rings. The molecule has 21 heavy (non-hydrogen) atoms. The van der Waals surface area contributed by atoms with Gasteiger partial charge >= 0.3 is 0 Å². The number of thiophene rings is 1. The molecule has 3 rings (SSSR count). The quantitative estimate of drug-likeness (QED) is 0.728. The van der Waals surface area contributed by atoms with Gasteiger partial charge in [0.25, 0.3) is 5.91 Å². The van der Waals surface area contributed by atoms with E-state index in [1.165, 1.54) is 11.3 Å². The van der Waals surface area contributed by atoms with E-state index in [2.05, 4.69) is 42.1 Å². The summed E-state index contributed by atoms with van der Waals surface area (Å²) < 4.78 is 3.82. The molecule has 1 fully saturated rings. The van der Waals surface area contributed by atoms with Crippen LogP contribution in [0.5, 0.6) is 0 Å². The molecule has 1 atom stereocenters. The first kappa shape index (κ1) is 15.2. The highest BCUT2D eigenvalue weighted by Crippen LogP contribution is 2.34. The number of aromatic nitrogens is 3. The van der Waals surface area contributed by atoms with E-state index in [1.807, 2.05) is 22.6 Å². The first-order chi connectivity index (χ1) is 10.1. The summed E-state index contributed by atoms with van der Waals surface area (Å²) in [6.45, 7) is 1.51. The summed E-state index contributed by atoms with van der Waals surface area (Å²) in [6, 6.07) is 1.88. The van der Waals surface area contributed by atoms with Gasteiger partial charge in [0.15, 0.2) is 0 Å². The van der Waals surface area contributed by atoms with Crippen LogP contribution in [0.1, 0.15) is 34.3 Å². The molecule has 8 heteroatoms. The number of hydrogen-bond acceptors (Lipinski definition) is 4. The summed E-state index contributed by atoms with van der Waals surface area (Å²) in [5.41, 5.74) is 0. The Balaban J connectivity index is 1.77. The lowest BCUT2D eigenvalue weighted by Crippen LogP contribution is -2.39. The summed E-state index contributed by atoms with van der Waals surface area (Å²) in [7, 11) is 1.95. The van der Waals surface area contributed by atoms with Crippen molar-refractivity contribution in [1.29, 1.82) is 0 Å². The van der Waals surface area contributed by atoms with Crippen molar-refractivity contribution in [1.82, 2.24) is 19.7 Å². The lowest BCUT2D eigenvalue weighted by molar-refractivity contribution is 0.0708. The van der Waals surface area contributed by atoms with E-state index in [-0.39, 0.29) is 11.8 Å². The van der Waals surface area contributed by atoms with Crippen LogP contribution in [-0.4, -0.2) is 38.7 Å². The van der Waals surface area contributed by atoms with Gasteiger partial charge < -0.3 is 9.47 Å². The standard InChI is InChI=1S/C13H14Br2N4OS/c1-18-7-16-17-12(18)8-3-2-4-19(6-8)13(20)10-5-9(14)11(15)21-10/h5,7-8H,2-4,6H2,1H3/t8-/m1/s1. The lowest BCUT2D eigenvalue weighted by atomic mass is 9.97. The zero-order valence-electron chi connectivity index (χ0n) is 11.4. The number of carbonyl (C=O) groups is 1. The lowest BCUT2D eigenvalue weighted by Gasteiger charge is -2.31. The Morgan fingerprint density at radius 1 is 1.48 bits per heavy atom. The van der Waals surface area contributed by atoms with E-state index >= 15 is 0 Å². The van der Waals surface area contributed by atoms with Crippen LogP contribution < -0.4 is 0 Å². The summed E-state index contributed by atoms with van der Waals surface area (Å²) in [6.07, 6.45) is 3.76. The molecule has 0 bridgehead atoms. The van der Waals surface area contributed by atoms with Crippen LogP contribution >= 0.6 is 43.2 Å². The van der Waals surface area contributed by atoms with Crippen LogP contribution in [0.15, 0.2) is 20.7 Å². The maximum absolute atomic E-state index is 12.6. The molecular formula is C13H14Br2N4OS. The molecule has 1 saturated heterocycles. The molecule has 1 aliphatic rings. The average molecular weight is 434 g/mol. The SMILES string of the molecule is Cn1cnnc1[C@@H]1CCCN(C(=O)c2cc(Br)c(Br)s2)C1. The van der Waals surface area contributed by atoms with Crippen molar-refractivity contribution in [2.75, 3.05) is 13.1 Å². The Labute approximate surface area is 143 Å². The Kier molecular flexibility index (Phi) is 4.46. The molecule has 3 heterocycles. The second-order valence-electron chi connectivity index (χ2n) is 5.12. The van der Waals surface area contributed by atoms with Crippen molar-refractivity contribution in [3.05, 3.63) is 31.4 Å². The van der Waals surface area contributed by atoms with Gasteiger partial charge in [0.05, 0.1) is 8.66 Å². The molecule has 0 aliphatic carbocycles. The topological polar surface area (TPSA) is 51.0 Å². The van der Waals surface area contributed by atoms with Gasteiger partial charge in [0.2, 0.25) is 0 Å². The second-order valence-corrected chi connectivity index (χ2v) is 8.35. The number of nitrogens with zero attached hydrogens (tertiary/aromatic N) is 4. The highest BCUT2D eigenvalue weighted by atomic mass is 79.9. The van der Waals surface area contributed by atoms with Gasteiger partial charge in [-0.1, -0.05) is 0 Å². The van der Waals surface area contributed by atoms with Crippen LogP contribution in [-0.2, 0) is 7.05 Å². The number of likely N-dealkylation sites (tertiary alicyclic amines) is 1. The molecule has 0 radical (unpaired) electrons. The van der Waals surface area contributed by atoms with Crippen LogP contribution in [0.2, 0.25) is 0 Å². The molecule has 0 spiro atoms. The molecule has 0 N–H and O–H groups in total.